The zero-order valence-electron chi connectivity index (χ0n) is 28.3. The number of para-hydroxylation sites is 5. The summed E-state index contributed by atoms with van der Waals surface area (Å²) in [6, 6.07) is 59.9. The van der Waals surface area contributed by atoms with Crippen LogP contribution in [0.25, 0.3) is 105 Å². The zero-order valence-corrected chi connectivity index (χ0v) is 28.3. The minimum absolute atomic E-state index is 0.607. The van der Waals surface area contributed by atoms with Crippen molar-refractivity contribution in [2.24, 2.45) is 0 Å². The van der Waals surface area contributed by atoms with Crippen LogP contribution >= 0.6 is 0 Å². The summed E-state index contributed by atoms with van der Waals surface area (Å²) in [5.74, 6) is 0.607. The Bertz CT molecular complexity index is 3460. The molecule has 12 aromatic rings. The number of fused-ring (bicyclic) bond motifs is 14. The van der Waals surface area contributed by atoms with Gasteiger partial charge in [0.2, 0.25) is 5.95 Å². The van der Waals surface area contributed by atoms with Crippen molar-refractivity contribution in [3.63, 3.8) is 0 Å². The molecule has 12 rings (SSSR count). The van der Waals surface area contributed by atoms with Gasteiger partial charge in [0.25, 0.3) is 0 Å². The lowest BCUT2D eigenvalue weighted by Gasteiger charge is -2.13. The molecule has 0 atom stereocenters. The number of hydrogen-bond donors (Lipinski definition) is 0. The lowest BCUT2D eigenvalue weighted by atomic mass is 10.0. The van der Waals surface area contributed by atoms with Crippen molar-refractivity contribution in [1.82, 2.24) is 28.5 Å². The molecule has 6 nitrogen and oxygen atoms in total. The maximum atomic E-state index is 5.50. The molecule has 0 N–H and O–H groups in total. The summed E-state index contributed by atoms with van der Waals surface area (Å²) in [6.07, 6.45) is 0. The standard InChI is InChI=1S/C47H28N6/c1-2-14-30(15-3-1)51-39-23-11-8-18-33(39)37-28-29(26-27-42(37)51)43-35-20-6-10-22-38(35)48-47(50-43)53-41-25-13-9-21-36(41)44-46(53)52-40-24-12-7-17-32(40)31-16-4-5-19-34(31)45(52)49-44/h1-28H. The Morgan fingerprint density at radius 3 is 1.75 bits per heavy atom. The molecular weight excluding hydrogens is 649 g/mol. The van der Waals surface area contributed by atoms with Crippen LogP contribution in [0.3, 0.4) is 0 Å². The number of pyridine rings is 1. The number of hydrogen-bond acceptors (Lipinski definition) is 3. The van der Waals surface area contributed by atoms with E-state index in [4.69, 9.17) is 15.0 Å². The van der Waals surface area contributed by atoms with Crippen molar-refractivity contribution in [1.29, 1.82) is 0 Å². The van der Waals surface area contributed by atoms with Crippen molar-refractivity contribution in [2.45, 2.75) is 0 Å². The van der Waals surface area contributed by atoms with Crippen molar-refractivity contribution in [3.8, 4) is 22.9 Å². The maximum Gasteiger partial charge on any atom is 0.237 e. The molecule has 0 fully saturated rings. The van der Waals surface area contributed by atoms with Crippen molar-refractivity contribution < 1.29 is 0 Å². The van der Waals surface area contributed by atoms with Crippen molar-refractivity contribution >= 4 is 82.1 Å². The van der Waals surface area contributed by atoms with E-state index in [0.717, 1.165) is 72.0 Å². The first kappa shape index (κ1) is 28.4. The molecule has 0 saturated carbocycles. The second-order valence-electron chi connectivity index (χ2n) is 13.7. The lowest BCUT2D eigenvalue weighted by Crippen LogP contribution is -2.05. The van der Waals surface area contributed by atoms with E-state index >= 15 is 0 Å². The minimum atomic E-state index is 0.607. The van der Waals surface area contributed by atoms with Crippen LogP contribution in [0.2, 0.25) is 0 Å². The predicted octanol–water partition coefficient (Wildman–Crippen LogP) is 11.4. The summed E-state index contributed by atoms with van der Waals surface area (Å²) >= 11 is 0. The average Bonchev–Trinajstić information content (AvgIpc) is 3.88. The van der Waals surface area contributed by atoms with E-state index in [9.17, 15) is 0 Å². The molecule has 5 aromatic heterocycles. The van der Waals surface area contributed by atoms with Gasteiger partial charge < -0.3 is 4.57 Å². The number of imidazole rings is 1. The highest BCUT2D eigenvalue weighted by Gasteiger charge is 2.24. The number of rotatable bonds is 3. The average molecular weight is 677 g/mol. The van der Waals surface area contributed by atoms with Gasteiger partial charge in [-0.25, -0.2) is 15.0 Å². The molecule has 0 spiro atoms. The van der Waals surface area contributed by atoms with Crippen molar-refractivity contribution in [2.75, 3.05) is 0 Å². The van der Waals surface area contributed by atoms with Gasteiger partial charge in [-0.2, -0.15) is 0 Å². The molecule has 5 heterocycles. The molecule has 246 valence electrons. The van der Waals surface area contributed by atoms with E-state index < -0.39 is 0 Å². The van der Waals surface area contributed by atoms with Gasteiger partial charge in [0.15, 0.2) is 5.65 Å². The quantitative estimate of drug-likeness (QED) is 0.175. The molecule has 0 saturated heterocycles. The van der Waals surface area contributed by atoms with Gasteiger partial charge in [0.1, 0.15) is 11.2 Å². The van der Waals surface area contributed by atoms with E-state index in [-0.39, 0.29) is 0 Å². The highest BCUT2D eigenvalue weighted by atomic mass is 15.2. The van der Waals surface area contributed by atoms with Crippen LogP contribution in [0.5, 0.6) is 0 Å². The van der Waals surface area contributed by atoms with E-state index in [0.29, 0.717) is 5.95 Å². The van der Waals surface area contributed by atoms with Gasteiger partial charge in [0.05, 0.1) is 33.3 Å². The summed E-state index contributed by atoms with van der Waals surface area (Å²) in [4.78, 5) is 16.2. The van der Waals surface area contributed by atoms with Crippen LogP contribution in [-0.2, 0) is 0 Å². The normalized spacial score (nSPS) is 12.2. The zero-order chi connectivity index (χ0) is 34.6. The number of aromatic nitrogens is 6. The summed E-state index contributed by atoms with van der Waals surface area (Å²) in [7, 11) is 0. The van der Waals surface area contributed by atoms with Crippen LogP contribution in [0.15, 0.2) is 170 Å². The Hall–Kier alpha value is -7.31. The maximum absolute atomic E-state index is 5.50. The summed E-state index contributed by atoms with van der Waals surface area (Å²) in [6.45, 7) is 0. The Morgan fingerprint density at radius 1 is 0.377 bits per heavy atom. The third-order valence-corrected chi connectivity index (χ3v) is 10.8. The molecule has 53 heavy (non-hydrogen) atoms. The summed E-state index contributed by atoms with van der Waals surface area (Å²) < 4.78 is 6.86. The highest BCUT2D eigenvalue weighted by Crippen LogP contribution is 2.39. The van der Waals surface area contributed by atoms with Crippen LogP contribution < -0.4 is 0 Å². The van der Waals surface area contributed by atoms with Gasteiger partial charge in [-0.05, 0) is 53.9 Å². The smallest absolute Gasteiger partial charge is 0.237 e. The first-order chi connectivity index (χ1) is 26.3. The van der Waals surface area contributed by atoms with E-state index in [1.54, 1.807) is 0 Å². The van der Waals surface area contributed by atoms with E-state index in [1.807, 2.05) is 0 Å². The topological polar surface area (TPSA) is 52.9 Å². The van der Waals surface area contributed by atoms with Gasteiger partial charge in [-0.1, -0.05) is 121 Å². The van der Waals surface area contributed by atoms with Crippen molar-refractivity contribution in [3.05, 3.63) is 170 Å². The third kappa shape index (κ3) is 3.89. The van der Waals surface area contributed by atoms with Gasteiger partial charge in [-0.3, -0.25) is 8.97 Å². The summed E-state index contributed by atoms with van der Waals surface area (Å²) in [5, 5.41) is 7.93. The molecule has 0 aliphatic carbocycles. The predicted molar refractivity (Wildman–Crippen MR) is 217 cm³/mol. The first-order valence-corrected chi connectivity index (χ1v) is 17.9. The molecule has 0 aliphatic rings. The molecule has 0 bridgehead atoms. The van der Waals surface area contributed by atoms with E-state index in [2.05, 4.69) is 183 Å². The molecule has 7 aromatic carbocycles. The molecule has 6 heteroatoms. The number of nitrogens with zero attached hydrogens (tertiary/aromatic N) is 6. The minimum Gasteiger partial charge on any atom is -0.309 e. The summed E-state index contributed by atoms with van der Waals surface area (Å²) in [5.41, 5.74) is 11.2. The first-order valence-electron chi connectivity index (χ1n) is 17.9. The fourth-order valence-corrected chi connectivity index (χ4v) is 8.56. The Kier molecular flexibility index (Phi) is 5.68. The van der Waals surface area contributed by atoms with E-state index in [1.165, 1.54) is 27.1 Å². The molecule has 0 unspecified atom stereocenters. The molecule has 0 aliphatic heterocycles. The Labute approximate surface area is 302 Å². The fourth-order valence-electron chi connectivity index (χ4n) is 8.56. The monoisotopic (exact) mass is 676 g/mol. The van der Waals surface area contributed by atoms with Gasteiger partial charge in [-0.15, -0.1) is 0 Å². The highest BCUT2D eigenvalue weighted by molar-refractivity contribution is 6.17. The molecule has 0 radical (unpaired) electrons. The molecule has 0 amide bonds. The van der Waals surface area contributed by atoms with Gasteiger partial charge >= 0.3 is 0 Å². The Morgan fingerprint density at radius 2 is 0.962 bits per heavy atom. The van der Waals surface area contributed by atoms with Crippen LogP contribution in [-0.4, -0.2) is 28.5 Å². The number of benzene rings is 7. The largest absolute Gasteiger partial charge is 0.309 e. The van der Waals surface area contributed by atoms with Crippen LogP contribution in [0, 0.1) is 0 Å². The van der Waals surface area contributed by atoms with Crippen LogP contribution in [0.1, 0.15) is 0 Å². The SMILES string of the molecule is c1ccc(-n2c3ccccc3c3cc(-c4nc(-n5c6ccccc6c6nc7c8ccccc8c8ccccc8n7c65)nc5ccccc45)ccc32)cc1. The lowest BCUT2D eigenvalue weighted by molar-refractivity contribution is 0.993. The third-order valence-electron chi connectivity index (χ3n) is 10.8. The van der Waals surface area contributed by atoms with Gasteiger partial charge in [0, 0.05) is 43.6 Å². The second-order valence-corrected chi connectivity index (χ2v) is 13.7. The van der Waals surface area contributed by atoms with Crippen LogP contribution in [0.4, 0.5) is 0 Å². The second kappa shape index (κ2) is 10.6. The fraction of sp³-hybridized carbons (Fsp3) is 0. The Balaban J connectivity index is 1.19. The molecular formula is C47H28N6.